The molecular formula is C20H13NaO4. The molecule has 0 fully saturated rings. The second-order valence-electron chi connectivity index (χ2n) is 5.10. The largest absolute Gasteiger partial charge is 1.00 e. The summed E-state index contributed by atoms with van der Waals surface area (Å²) in [7, 11) is 0. The Bertz CT molecular complexity index is 874. The average molecular weight is 340 g/mol. The first-order valence-electron chi connectivity index (χ1n) is 7.33. The number of hydrogen-bond acceptors (Lipinski definition) is 4. The SMILES string of the molecule is O=C([O-])c1ccccc1C(=O)c1ccc(Oc2ccccc2)cc1.[Na+]. The third-order valence-corrected chi connectivity index (χ3v) is 3.49. The molecule has 0 atom stereocenters. The second-order valence-corrected chi connectivity index (χ2v) is 5.10. The summed E-state index contributed by atoms with van der Waals surface area (Å²) >= 11 is 0. The van der Waals surface area contributed by atoms with Gasteiger partial charge in [0.2, 0.25) is 0 Å². The van der Waals surface area contributed by atoms with Crippen LogP contribution >= 0.6 is 0 Å². The summed E-state index contributed by atoms with van der Waals surface area (Å²) in [6.45, 7) is 0. The van der Waals surface area contributed by atoms with Gasteiger partial charge in [0, 0.05) is 16.7 Å². The molecule has 0 aliphatic carbocycles. The van der Waals surface area contributed by atoms with Gasteiger partial charge in [0.1, 0.15) is 11.5 Å². The van der Waals surface area contributed by atoms with E-state index in [1.165, 1.54) is 12.1 Å². The van der Waals surface area contributed by atoms with Crippen LogP contribution in [0.15, 0.2) is 78.9 Å². The Hall–Kier alpha value is -2.40. The van der Waals surface area contributed by atoms with Crippen LogP contribution in [-0.4, -0.2) is 11.8 Å². The minimum Gasteiger partial charge on any atom is -0.545 e. The fourth-order valence-electron chi connectivity index (χ4n) is 2.31. The van der Waals surface area contributed by atoms with Crippen molar-refractivity contribution < 1.29 is 49.0 Å². The molecule has 0 bridgehead atoms. The van der Waals surface area contributed by atoms with Gasteiger partial charge in [-0.3, -0.25) is 4.79 Å². The summed E-state index contributed by atoms with van der Waals surface area (Å²) in [5.41, 5.74) is 0.366. The summed E-state index contributed by atoms with van der Waals surface area (Å²) in [5, 5.41) is 11.1. The molecule has 0 saturated heterocycles. The average Bonchev–Trinajstić information content (AvgIpc) is 2.62. The van der Waals surface area contributed by atoms with Crippen molar-refractivity contribution >= 4 is 11.8 Å². The molecule has 25 heavy (non-hydrogen) atoms. The van der Waals surface area contributed by atoms with Gasteiger partial charge in [-0.15, -0.1) is 0 Å². The predicted molar refractivity (Wildman–Crippen MR) is 87.2 cm³/mol. The molecule has 0 unspecified atom stereocenters. The van der Waals surface area contributed by atoms with E-state index < -0.39 is 5.97 Å². The van der Waals surface area contributed by atoms with E-state index in [9.17, 15) is 14.7 Å². The molecule has 4 nitrogen and oxygen atoms in total. The van der Waals surface area contributed by atoms with Crippen molar-refractivity contribution in [3.8, 4) is 11.5 Å². The van der Waals surface area contributed by atoms with E-state index in [0.29, 0.717) is 17.1 Å². The third kappa shape index (κ3) is 4.57. The van der Waals surface area contributed by atoms with E-state index in [1.54, 1.807) is 36.4 Å². The quantitative estimate of drug-likeness (QED) is 0.487. The molecule has 0 N–H and O–H groups in total. The van der Waals surface area contributed by atoms with Crippen molar-refractivity contribution in [2.45, 2.75) is 0 Å². The van der Waals surface area contributed by atoms with Crippen LogP contribution in [-0.2, 0) is 0 Å². The van der Waals surface area contributed by atoms with Gasteiger partial charge in [0.25, 0.3) is 0 Å². The van der Waals surface area contributed by atoms with Crippen LogP contribution in [0.3, 0.4) is 0 Å². The number of carbonyl (C=O) groups is 2. The molecule has 0 radical (unpaired) electrons. The summed E-state index contributed by atoms with van der Waals surface area (Å²) in [6.07, 6.45) is 0. The van der Waals surface area contributed by atoms with Crippen LogP contribution in [0.1, 0.15) is 26.3 Å². The Kier molecular flexibility index (Phi) is 6.53. The Balaban J connectivity index is 0.00000225. The molecule has 0 aliphatic rings. The third-order valence-electron chi connectivity index (χ3n) is 3.49. The Morgan fingerprint density at radius 3 is 1.80 bits per heavy atom. The van der Waals surface area contributed by atoms with Crippen molar-refractivity contribution in [2.24, 2.45) is 0 Å². The molecule has 0 saturated carbocycles. The van der Waals surface area contributed by atoms with Crippen LogP contribution < -0.4 is 39.4 Å². The standard InChI is InChI=1S/C20H14O4.Na/c21-19(17-8-4-5-9-18(17)20(22)23)14-10-12-16(13-11-14)24-15-6-2-1-3-7-15;/h1-13H,(H,22,23);/q;+1/p-1. The van der Waals surface area contributed by atoms with Gasteiger partial charge in [0.15, 0.2) is 5.78 Å². The van der Waals surface area contributed by atoms with Crippen molar-refractivity contribution in [3.63, 3.8) is 0 Å². The molecule has 3 aromatic rings. The van der Waals surface area contributed by atoms with Gasteiger partial charge in [-0.1, -0.05) is 42.5 Å². The fourth-order valence-corrected chi connectivity index (χ4v) is 2.31. The molecule has 0 aromatic heterocycles. The predicted octanol–water partition coefficient (Wildman–Crippen LogP) is 0.0774. The molecule has 0 aliphatic heterocycles. The molecule has 118 valence electrons. The van der Waals surface area contributed by atoms with E-state index in [-0.39, 0.29) is 46.5 Å². The number of aromatic carboxylic acids is 1. The Morgan fingerprint density at radius 2 is 1.20 bits per heavy atom. The van der Waals surface area contributed by atoms with Gasteiger partial charge in [0.05, 0.1) is 5.97 Å². The van der Waals surface area contributed by atoms with Crippen LogP contribution in [0.5, 0.6) is 11.5 Å². The van der Waals surface area contributed by atoms with Crippen molar-refractivity contribution in [1.82, 2.24) is 0 Å². The number of carboxylic acids is 1. The first-order valence-corrected chi connectivity index (χ1v) is 7.33. The van der Waals surface area contributed by atoms with E-state index in [0.717, 1.165) is 0 Å². The Labute approximate surface area is 167 Å². The topological polar surface area (TPSA) is 66.4 Å². The molecule has 0 amide bonds. The van der Waals surface area contributed by atoms with Crippen LogP contribution in [0.4, 0.5) is 0 Å². The maximum absolute atomic E-state index is 12.5. The molecule has 5 heteroatoms. The van der Waals surface area contributed by atoms with E-state index in [2.05, 4.69) is 0 Å². The number of para-hydroxylation sites is 1. The number of benzene rings is 3. The number of hydrogen-bond donors (Lipinski definition) is 0. The normalized spacial score (nSPS) is 9.76. The molecule has 0 spiro atoms. The zero-order chi connectivity index (χ0) is 16.9. The van der Waals surface area contributed by atoms with Crippen LogP contribution in [0.2, 0.25) is 0 Å². The Morgan fingerprint density at radius 1 is 0.680 bits per heavy atom. The number of carbonyl (C=O) groups excluding carboxylic acids is 2. The summed E-state index contributed by atoms with van der Waals surface area (Å²) < 4.78 is 5.67. The smallest absolute Gasteiger partial charge is 0.545 e. The molecule has 0 heterocycles. The van der Waals surface area contributed by atoms with Crippen molar-refractivity contribution in [2.75, 3.05) is 0 Å². The maximum Gasteiger partial charge on any atom is 1.00 e. The monoisotopic (exact) mass is 340 g/mol. The van der Waals surface area contributed by atoms with E-state index in [4.69, 9.17) is 4.74 Å². The summed E-state index contributed by atoms with van der Waals surface area (Å²) in [6, 6.07) is 21.8. The minimum absolute atomic E-state index is 0. The number of carboxylic acid groups (broad SMARTS) is 1. The van der Waals surface area contributed by atoms with Gasteiger partial charge in [-0.2, -0.15) is 0 Å². The van der Waals surface area contributed by atoms with Gasteiger partial charge in [-0.05, 0) is 36.4 Å². The second kappa shape index (κ2) is 8.62. The first-order chi connectivity index (χ1) is 11.6. The van der Waals surface area contributed by atoms with Crippen molar-refractivity contribution in [3.05, 3.63) is 95.6 Å². The van der Waals surface area contributed by atoms with E-state index >= 15 is 0 Å². The summed E-state index contributed by atoms with van der Waals surface area (Å²) in [5.74, 6) is -0.464. The van der Waals surface area contributed by atoms with Crippen LogP contribution in [0, 0.1) is 0 Å². The van der Waals surface area contributed by atoms with Gasteiger partial charge in [-0.25, -0.2) is 0 Å². The minimum atomic E-state index is -1.37. The first kappa shape index (κ1) is 18.9. The summed E-state index contributed by atoms with van der Waals surface area (Å²) in [4.78, 5) is 23.6. The number of rotatable bonds is 5. The molecular weight excluding hydrogens is 327 g/mol. The maximum atomic E-state index is 12.5. The van der Waals surface area contributed by atoms with Gasteiger partial charge >= 0.3 is 29.6 Å². The fraction of sp³-hybridized carbons (Fsp3) is 0. The van der Waals surface area contributed by atoms with Crippen LogP contribution in [0.25, 0.3) is 0 Å². The zero-order valence-electron chi connectivity index (χ0n) is 13.6. The zero-order valence-corrected chi connectivity index (χ0v) is 15.6. The number of ether oxygens (including phenoxy) is 1. The molecule has 3 aromatic carbocycles. The number of ketones is 1. The van der Waals surface area contributed by atoms with E-state index in [1.807, 2.05) is 30.3 Å². The van der Waals surface area contributed by atoms with Crippen molar-refractivity contribution in [1.29, 1.82) is 0 Å². The van der Waals surface area contributed by atoms with Gasteiger partial charge < -0.3 is 14.6 Å². The molecule has 3 rings (SSSR count).